The van der Waals surface area contributed by atoms with E-state index in [2.05, 4.69) is 29.5 Å². The lowest BCUT2D eigenvalue weighted by atomic mass is 10.0. The molecule has 1 unspecified atom stereocenters. The summed E-state index contributed by atoms with van der Waals surface area (Å²) in [4.78, 5) is 30.7. The van der Waals surface area contributed by atoms with Gasteiger partial charge in [-0.15, -0.1) is 0 Å². The SMILES string of the molecule is CC(C)CCC(C)NC(=O)C(=O)Nc1cccnc1N1CCOCC1. The maximum absolute atomic E-state index is 12.2. The van der Waals surface area contributed by atoms with Crippen LogP contribution in [0.2, 0.25) is 0 Å². The quantitative estimate of drug-likeness (QED) is 0.766. The normalized spacial score (nSPS) is 15.8. The number of rotatable bonds is 6. The number of morpholine rings is 1. The summed E-state index contributed by atoms with van der Waals surface area (Å²) in [6.07, 6.45) is 3.53. The smallest absolute Gasteiger partial charge is 0.313 e. The molecule has 0 spiro atoms. The molecule has 138 valence electrons. The number of pyridine rings is 1. The van der Waals surface area contributed by atoms with Crippen LogP contribution < -0.4 is 15.5 Å². The zero-order valence-electron chi connectivity index (χ0n) is 15.2. The fourth-order valence-corrected chi connectivity index (χ4v) is 2.65. The van der Waals surface area contributed by atoms with E-state index in [1.165, 1.54) is 0 Å². The van der Waals surface area contributed by atoms with Crippen molar-refractivity contribution in [2.75, 3.05) is 36.5 Å². The van der Waals surface area contributed by atoms with Crippen molar-refractivity contribution in [2.45, 2.75) is 39.7 Å². The van der Waals surface area contributed by atoms with Crippen molar-refractivity contribution < 1.29 is 14.3 Å². The number of aromatic nitrogens is 1. The summed E-state index contributed by atoms with van der Waals surface area (Å²) in [5.74, 6) is -0.0496. The molecule has 25 heavy (non-hydrogen) atoms. The van der Waals surface area contributed by atoms with Gasteiger partial charge in [-0.1, -0.05) is 13.8 Å². The molecule has 2 rings (SSSR count). The Balaban J connectivity index is 1.94. The van der Waals surface area contributed by atoms with Crippen molar-refractivity contribution in [2.24, 2.45) is 5.92 Å². The minimum atomic E-state index is -0.668. The van der Waals surface area contributed by atoms with Gasteiger partial charge in [0.1, 0.15) is 0 Å². The monoisotopic (exact) mass is 348 g/mol. The number of amides is 2. The van der Waals surface area contributed by atoms with Crippen molar-refractivity contribution >= 4 is 23.3 Å². The van der Waals surface area contributed by atoms with Crippen LogP contribution in [0.25, 0.3) is 0 Å². The van der Waals surface area contributed by atoms with E-state index in [9.17, 15) is 9.59 Å². The van der Waals surface area contributed by atoms with Crippen molar-refractivity contribution in [3.05, 3.63) is 18.3 Å². The van der Waals surface area contributed by atoms with Crippen LogP contribution in [-0.2, 0) is 14.3 Å². The molecule has 0 radical (unpaired) electrons. The Morgan fingerprint density at radius 3 is 2.60 bits per heavy atom. The van der Waals surface area contributed by atoms with Gasteiger partial charge in [-0.25, -0.2) is 4.98 Å². The average molecular weight is 348 g/mol. The maximum Gasteiger partial charge on any atom is 0.313 e. The minimum Gasteiger partial charge on any atom is -0.378 e. The zero-order valence-corrected chi connectivity index (χ0v) is 15.2. The summed E-state index contributed by atoms with van der Waals surface area (Å²) in [5, 5.41) is 5.43. The summed E-state index contributed by atoms with van der Waals surface area (Å²) in [5.41, 5.74) is 0.541. The van der Waals surface area contributed by atoms with Gasteiger partial charge in [-0.2, -0.15) is 0 Å². The number of ether oxygens (including phenoxy) is 1. The molecule has 2 heterocycles. The first-order valence-corrected chi connectivity index (χ1v) is 8.87. The van der Waals surface area contributed by atoms with Gasteiger partial charge in [0.15, 0.2) is 5.82 Å². The number of anilines is 2. The number of hydrogen-bond acceptors (Lipinski definition) is 5. The molecule has 1 aliphatic heterocycles. The van der Waals surface area contributed by atoms with Crippen LogP contribution >= 0.6 is 0 Å². The van der Waals surface area contributed by atoms with Gasteiger partial charge in [0.2, 0.25) is 0 Å². The molecule has 1 saturated heterocycles. The van der Waals surface area contributed by atoms with E-state index in [0.717, 1.165) is 12.8 Å². The Bertz CT molecular complexity index is 585. The highest BCUT2D eigenvalue weighted by Crippen LogP contribution is 2.23. The Morgan fingerprint density at radius 1 is 1.20 bits per heavy atom. The number of hydrogen-bond donors (Lipinski definition) is 2. The van der Waals surface area contributed by atoms with Crippen LogP contribution in [-0.4, -0.2) is 49.1 Å². The zero-order chi connectivity index (χ0) is 18.2. The van der Waals surface area contributed by atoms with E-state index in [1.807, 2.05) is 11.8 Å². The van der Waals surface area contributed by atoms with Crippen molar-refractivity contribution in [1.29, 1.82) is 0 Å². The second-order valence-corrected chi connectivity index (χ2v) is 6.77. The number of nitrogens with one attached hydrogen (secondary N) is 2. The average Bonchev–Trinajstić information content (AvgIpc) is 2.61. The van der Waals surface area contributed by atoms with E-state index in [-0.39, 0.29) is 6.04 Å². The third-order valence-electron chi connectivity index (χ3n) is 4.11. The first kappa shape index (κ1) is 19.2. The minimum absolute atomic E-state index is 0.0340. The van der Waals surface area contributed by atoms with E-state index in [1.54, 1.807) is 18.3 Å². The molecular formula is C18H28N4O3. The fourth-order valence-electron chi connectivity index (χ4n) is 2.65. The van der Waals surface area contributed by atoms with E-state index in [0.29, 0.717) is 43.7 Å². The molecule has 1 aromatic rings. The lowest BCUT2D eigenvalue weighted by Crippen LogP contribution is -2.41. The van der Waals surface area contributed by atoms with Gasteiger partial charge in [0.25, 0.3) is 0 Å². The second-order valence-electron chi connectivity index (χ2n) is 6.77. The number of nitrogens with zero attached hydrogens (tertiary/aromatic N) is 2. The highest BCUT2D eigenvalue weighted by Gasteiger charge is 2.21. The molecule has 0 aliphatic carbocycles. The van der Waals surface area contributed by atoms with Gasteiger partial charge in [-0.05, 0) is 37.8 Å². The van der Waals surface area contributed by atoms with Gasteiger partial charge in [-0.3, -0.25) is 9.59 Å². The van der Waals surface area contributed by atoms with Crippen LogP contribution in [0.1, 0.15) is 33.6 Å². The van der Waals surface area contributed by atoms with Gasteiger partial charge >= 0.3 is 11.8 Å². The van der Waals surface area contributed by atoms with Crippen molar-refractivity contribution in [1.82, 2.24) is 10.3 Å². The third-order valence-corrected chi connectivity index (χ3v) is 4.11. The molecule has 2 amide bonds. The number of carbonyl (C=O) groups is 2. The molecule has 7 heteroatoms. The van der Waals surface area contributed by atoms with Gasteiger partial charge < -0.3 is 20.3 Å². The van der Waals surface area contributed by atoms with Crippen LogP contribution in [0, 0.1) is 5.92 Å². The lowest BCUT2D eigenvalue weighted by Gasteiger charge is -2.29. The molecule has 0 saturated carbocycles. The van der Waals surface area contributed by atoms with E-state index in [4.69, 9.17) is 4.74 Å². The van der Waals surface area contributed by atoms with Crippen LogP contribution in [0.3, 0.4) is 0 Å². The number of carbonyl (C=O) groups excluding carboxylic acids is 2. The van der Waals surface area contributed by atoms with E-state index >= 15 is 0 Å². The summed E-state index contributed by atoms with van der Waals surface area (Å²) in [6.45, 7) is 8.84. The summed E-state index contributed by atoms with van der Waals surface area (Å²) >= 11 is 0. The second kappa shape index (κ2) is 9.36. The fraction of sp³-hybridized carbons (Fsp3) is 0.611. The molecule has 1 aliphatic rings. The van der Waals surface area contributed by atoms with Crippen LogP contribution in [0.4, 0.5) is 11.5 Å². The summed E-state index contributed by atoms with van der Waals surface area (Å²) in [7, 11) is 0. The largest absolute Gasteiger partial charge is 0.378 e. The highest BCUT2D eigenvalue weighted by molar-refractivity contribution is 6.40. The predicted octanol–water partition coefficient (Wildman–Crippen LogP) is 1.80. The Morgan fingerprint density at radius 2 is 1.92 bits per heavy atom. The first-order chi connectivity index (χ1) is 12.0. The molecule has 7 nitrogen and oxygen atoms in total. The topological polar surface area (TPSA) is 83.6 Å². The van der Waals surface area contributed by atoms with Crippen LogP contribution in [0.15, 0.2) is 18.3 Å². The Kier molecular flexibility index (Phi) is 7.18. The van der Waals surface area contributed by atoms with E-state index < -0.39 is 11.8 Å². The molecule has 1 atom stereocenters. The summed E-state index contributed by atoms with van der Waals surface area (Å²) < 4.78 is 5.34. The Hall–Kier alpha value is -2.15. The summed E-state index contributed by atoms with van der Waals surface area (Å²) in [6, 6.07) is 3.46. The van der Waals surface area contributed by atoms with Crippen molar-refractivity contribution in [3.63, 3.8) is 0 Å². The highest BCUT2D eigenvalue weighted by atomic mass is 16.5. The molecule has 1 aromatic heterocycles. The maximum atomic E-state index is 12.2. The molecule has 0 aromatic carbocycles. The standard InChI is InChI=1S/C18H28N4O3/c1-13(2)6-7-14(3)20-17(23)18(24)21-15-5-4-8-19-16(15)22-9-11-25-12-10-22/h4-5,8,13-14H,6-7,9-12H2,1-3H3,(H,20,23)(H,21,24). The third kappa shape index (κ3) is 6.01. The molecular weight excluding hydrogens is 320 g/mol. The molecule has 1 fully saturated rings. The van der Waals surface area contributed by atoms with Gasteiger partial charge in [0.05, 0.1) is 18.9 Å². The van der Waals surface area contributed by atoms with Gasteiger partial charge in [0, 0.05) is 25.3 Å². The van der Waals surface area contributed by atoms with Crippen molar-refractivity contribution in [3.8, 4) is 0 Å². The molecule has 0 bridgehead atoms. The predicted molar refractivity (Wildman–Crippen MR) is 97.6 cm³/mol. The molecule has 2 N–H and O–H groups in total. The first-order valence-electron chi connectivity index (χ1n) is 8.87. The van der Waals surface area contributed by atoms with Crippen LogP contribution in [0.5, 0.6) is 0 Å². The lowest BCUT2D eigenvalue weighted by molar-refractivity contribution is -0.136. The Labute approximate surface area is 149 Å².